The third-order valence-electron chi connectivity index (χ3n) is 3.15. The maximum absolute atomic E-state index is 13.2. The minimum Gasteiger partial charge on any atom is -0.388 e. The first-order valence-electron chi connectivity index (χ1n) is 6.58. The highest BCUT2D eigenvalue weighted by Gasteiger charge is 2.35. The Morgan fingerprint density at radius 3 is 2.85 bits per heavy atom. The van der Waals surface area contributed by atoms with E-state index >= 15 is 0 Å². The van der Waals surface area contributed by atoms with E-state index in [1.165, 1.54) is 11.0 Å². The van der Waals surface area contributed by atoms with E-state index in [4.69, 9.17) is 0 Å². The molecule has 1 saturated heterocycles. The number of rotatable bonds is 3. The fraction of sp³-hybridized carbons (Fsp3) is 0.615. The Morgan fingerprint density at radius 1 is 1.60 bits per heavy atom. The lowest BCUT2D eigenvalue weighted by Crippen LogP contribution is -2.32. The highest BCUT2D eigenvalue weighted by molar-refractivity contribution is 5.92. The molecule has 1 aliphatic heterocycles. The van der Waals surface area contributed by atoms with Crippen molar-refractivity contribution in [3.05, 3.63) is 27.9 Å². The summed E-state index contributed by atoms with van der Waals surface area (Å²) in [5.41, 5.74) is 0.0219. The molecule has 2 heterocycles. The maximum atomic E-state index is 13.2. The van der Waals surface area contributed by atoms with Crippen molar-refractivity contribution in [1.29, 1.82) is 0 Å². The van der Waals surface area contributed by atoms with Gasteiger partial charge in [0.05, 0.1) is 6.54 Å². The van der Waals surface area contributed by atoms with Crippen LogP contribution < -0.4 is 5.69 Å². The van der Waals surface area contributed by atoms with Gasteiger partial charge in [0.25, 0.3) is 5.91 Å². The number of H-pyrrole nitrogens is 1. The number of hydrogen-bond acceptors (Lipinski definition) is 4. The highest BCUT2D eigenvalue weighted by atomic mass is 19.1. The zero-order valence-electron chi connectivity index (χ0n) is 11.5. The predicted molar refractivity (Wildman–Crippen MR) is 70.2 cm³/mol. The van der Waals surface area contributed by atoms with E-state index in [-0.39, 0.29) is 18.8 Å². The summed E-state index contributed by atoms with van der Waals surface area (Å²) in [6.07, 6.45) is -2.00. The average Bonchev–Trinajstić information content (AvgIpc) is 2.67. The molecule has 0 aromatic carbocycles. The Bertz CT molecular complexity index is 548. The normalized spacial score (nSPS) is 22.6. The molecule has 0 aliphatic carbocycles. The largest absolute Gasteiger partial charge is 0.388 e. The molecule has 2 N–H and O–H groups in total. The van der Waals surface area contributed by atoms with Crippen LogP contribution >= 0.6 is 0 Å². The van der Waals surface area contributed by atoms with Gasteiger partial charge in [0.2, 0.25) is 0 Å². The van der Waals surface area contributed by atoms with E-state index in [1.54, 1.807) is 0 Å². The van der Waals surface area contributed by atoms with Crippen LogP contribution in [0.3, 0.4) is 0 Å². The van der Waals surface area contributed by atoms with Gasteiger partial charge >= 0.3 is 5.69 Å². The Labute approximate surface area is 115 Å². The number of hydrogen-bond donors (Lipinski definition) is 2. The summed E-state index contributed by atoms with van der Waals surface area (Å²) in [5, 5.41) is 9.33. The zero-order valence-corrected chi connectivity index (χ0v) is 11.5. The van der Waals surface area contributed by atoms with Crippen LogP contribution in [0.4, 0.5) is 4.39 Å². The summed E-state index contributed by atoms with van der Waals surface area (Å²) in [4.78, 5) is 31.0. The van der Waals surface area contributed by atoms with Crippen LogP contribution in [0.15, 0.2) is 10.9 Å². The number of aromatic nitrogens is 2. The number of aromatic amines is 1. The molecule has 0 spiro atoms. The summed E-state index contributed by atoms with van der Waals surface area (Å²) >= 11 is 0. The van der Waals surface area contributed by atoms with Gasteiger partial charge in [-0.05, 0) is 18.4 Å². The summed E-state index contributed by atoms with van der Waals surface area (Å²) in [6, 6.07) is 1.52. The number of nitrogens with zero attached hydrogens (tertiary/aromatic N) is 2. The highest BCUT2D eigenvalue weighted by Crippen LogP contribution is 2.16. The SMILES string of the molecule is CC(C)Cc1cc(C(=O)N2C[C@@H](O)[C@H](F)C2)nc(=O)[nH]1. The Morgan fingerprint density at radius 2 is 2.30 bits per heavy atom. The molecule has 0 bridgehead atoms. The van der Waals surface area contributed by atoms with Gasteiger partial charge in [0, 0.05) is 12.2 Å². The third kappa shape index (κ3) is 3.22. The lowest BCUT2D eigenvalue weighted by molar-refractivity contribution is 0.0758. The van der Waals surface area contributed by atoms with Crippen LogP contribution in [0, 0.1) is 5.92 Å². The smallest absolute Gasteiger partial charge is 0.345 e. The molecule has 110 valence electrons. The molecule has 1 fully saturated rings. The minimum atomic E-state index is -1.45. The molecule has 1 aliphatic rings. The monoisotopic (exact) mass is 283 g/mol. The van der Waals surface area contributed by atoms with Gasteiger partial charge < -0.3 is 15.0 Å². The summed E-state index contributed by atoms with van der Waals surface area (Å²) in [6.45, 7) is 3.73. The van der Waals surface area contributed by atoms with Gasteiger partial charge in [-0.25, -0.2) is 9.18 Å². The minimum absolute atomic E-state index is 0.00861. The molecule has 2 atom stereocenters. The first-order chi connectivity index (χ1) is 9.36. The molecule has 0 radical (unpaired) electrons. The second-order valence-corrected chi connectivity index (χ2v) is 5.49. The van der Waals surface area contributed by atoms with Crippen LogP contribution in [0.25, 0.3) is 0 Å². The summed E-state index contributed by atoms with van der Waals surface area (Å²) in [7, 11) is 0. The van der Waals surface area contributed by atoms with Gasteiger partial charge in [0.1, 0.15) is 18.0 Å². The third-order valence-corrected chi connectivity index (χ3v) is 3.15. The van der Waals surface area contributed by atoms with E-state index in [9.17, 15) is 19.1 Å². The Kier molecular flexibility index (Phi) is 4.17. The lowest BCUT2D eigenvalue weighted by Gasteiger charge is -2.15. The molecular weight excluding hydrogens is 265 g/mol. The predicted octanol–water partition coefficient (Wildman–Crippen LogP) is 0.123. The molecule has 1 aromatic rings. The van der Waals surface area contributed by atoms with Crippen molar-refractivity contribution in [1.82, 2.24) is 14.9 Å². The number of β-amino-alcohol motifs (C(OH)–C–C–N with tert-alkyl or cyclic N) is 1. The number of likely N-dealkylation sites (tertiary alicyclic amines) is 1. The number of nitrogens with one attached hydrogen (secondary N) is 1. The first kappa shape index (κ1) is 14.6. The number of amides is 1. The molecule has 20 heavy (non-hydrogen) atoms. The van der Waals surface area contributed by atoms with Crippen LogP contribution in [0.5, 0.6) is 0 Å². The van der Waals surface area contributed by atoms with Gasteiger partial charge in [-0.1, -0.05) is 13.8 Å². The molecule has 1 aromatic heterocycles. The van der Waals surface area contributed by atoms with E-state index in [1.807, 2.05) is 13.8 Å². The molecule has 2 rings (SSSR count). The van der Waals surface area contributed by atoms with Crippen molar-refractivity contribution in [2.45, 2.75) is 32.5 Å². The fourth-order valence-corrected chi connectivity index (χ4v) is 2.24. The summed E-state index contributed by atoms with van der Waals surface area (Å²) in [5.74, 6) is -0.208. The second-order valence-electron chi connectivity index (χ2n) is 5.49. The van der Waals surface area contributed by atoms with Crippen molar-refractivity contribution in [3.63, 3.8) is 0 Å². The average molecular weight is 283 g/mol. The number of alkyl halides is 1. The second kappa shape index (κ2) is 5.70. The van der Waals surface area contributed by atoms with Crippen LogP contribution in [0.2, 0.25) is 0 Å². The van der Waals surface area contributed by atoms with Gasteiger partial charge in [-0.2, -0.15) is 4.98 Å². The standard InChI is InChI=1S/C13H18FN3O3/c1-7(2)3-8-4-10(16-13(20)15-8)12(19)17-5-9(14)11(18)6-17/h4,7,9,11,18H,3,5-6H2,1-2H3,(H,15,16,20)/t9-,11-/m1/s1. The maximum Gasteiger partial charge on any atom is 0.345 e. The van der Waals surface area contributed by atoms with Crippen molar-refractivity contribution in [2.75, 3.05) is 13.1 Å². The number of aliphatic hydroxyl groups is 1. The molecule has 0 saturated carbocycles. The van der Waals surface area contributed by atoms with Gasteiger partial charge in [-0.15, -0.1) is 0 Å². The lowest BCUT2D eigenvalue weighted by atomic mass is 10.1. The molecular formula is C13H18FN3O3. The molecule has 6 nitrogen and oxygen atoms in total. The Hall–Kier alpha value is -1.76. The summed E-state index contributed by atoms with van der Waals surface area (Å²) < 4.78 is 13.2. The van der Waals surface area contributed by atoms with Crippen molar-refractivity contribution >= 4 is 5.91 Å². The number of aliphatic hydroxyl groups excluding tert-OH is 1. The fourth-order valence-electron chi connectivity index (χ4n) is 2.24. The molecule has 0 unspecified atom stereocenters. The van der Waals surface area contributed by atoms with Crippen molar-refractivity contribution in [3.8, 4) is 0 Å². The zero-order chi connectivity index (χ0) is 14.9. The number of halogens is 1. The van der Waals surface area contributed by atoms with Crippen molar-refractivity contribution < 1.29 is 14.3 Å². The van der Waals surface area contributed by atoms with Crippen LogP contribution in [-0.2, 0) is 6.42 Å². The first-order valence-corrected chi connectivity index (χ1v) is 6.58. The van der Waals surface area contributed by atoms with E-state index in [0.717, 1.165) is 0 Å². The molecule has 1 amide bonds. The van der Waals surface area contributed by atoms with Crippen LogP contribution in [-0.4, -0.2) is 51.2 Å². The number of carbonyl (C=O) groups excluding carboxylic acids is 1. The van der Waals surface area contributed by atoms with E-state index in [2.05, 4.69) is 9.97 Å². The molecule has 7 heteroatoms. The van der Waals surface area contributed by atoms with Crippen molar-refractivity contribution in [2.24, 2.45) is 5.92 Å². The van der Waals surface area contributed by atoms with E-state index < -0.39 is 23.9 Å². The Balaban J connectivity index is 2.22. The topological polar surface area (TPSA) is 86.3 Å². The van der Waals surface area contributed by atoms with Gasteiger partial charge in [0.15, 0.2) is 0 Å². The van der Waals surface area contributed by atoms with Gasteiger partial charge in [-0.3, -0.25) is 4.79 Å². The quantitative estimate of drug-likeness (QED) is 0.825. The number of carbonyl (C=O) groups is 1. The van der Waals surface area contributed by atoms with Crippen LogP contribution in [0.1, 0.15) is 30.0 Å². The van der Waals surface area contributed by atoms with E-state index in [0.29, 0.717) is 18.0 Å².